The molecule has 0 saturated carbocycles. The zero-order chi connectivity index (χ0) is 26.0. The van der Waals surface area contributed by atoms with Crippen LogP contribution in [0.15, 0.2) is 17.5 Å². The molecule has 0 spiro atoms. The maximum absolute atomic E-state index is 13.1. The second-order valence-corrected chi connectivity index (χ2v) is 8.17. The lowest BCUT2D eigenvalue weighted by atomic mass is 10.1. The summed E-state index contributed by atoms with van der Waals surface area (Å²) in [5.74, 6) is -3.34. The molecule has 15 heteroatoms. The van der Waals surface area contributed by atoms with Crippen molar-refractivity contribution in [1.29, 1.82) is 0 Å². The summed E-state index contributed by atoms with van der Waals surface area (Å²) >= 11 is 0. The average molecular weight is 496 g/mol. The van der Waals surface area contributed by atoms with Gasteiger partial charge in [0.2, 0.25) is 17.7 Å². The number of carbonyl (C=O) groups is 4. The van der Waals surface area contributed by atoms with Crippen molar-refractivity contribution in [2.24, 2.45) is 22.2 Å². The molecule has 1 fully saturated rings. The quantitative estimate of drug-likeness (QED) is 0.0756. The summed E-state index contributed by atoms with van der Waals surface area (Å²) in [5, 5.41) is 24.0. The van der Waals surface area contributed by atoms with Gasteiger partial charge in [-0.1, -0.05) is 0 Å². The first-order chi connectivity index (χ1) is 16.6. The Hall–Kier alpha value is -3.72. The lowest BCUT2D eigenvalue weighted by Gasteiger charge is -2.28. The van der Waals surface area contributed by atoms with Crippen LogP contribution in [0.2, 0.25) is 0 Å². The van der Waals surface area contributed by atoms with Gasteiger partial charge in [0, 0.05) is 31.4 Å². The number of carbonyl (C=O) groups excluding carboxylic acids is 3. The molecule has 4 unspecified atom stereocenters. The predicted octanol–water partition coefficient (Wildman–Crippen LogP) is -3.63. The third-order valence-corrected chi connectivity index (χ3v) is 5.53. The molecule has 1 aliphatic rings. The average Bonchev–Trinajstić information content (AvgIpc) is 3.50. The number of aromatic amines is 1. The van der Waals surface area contributed by atoms with E-state index >= 15 is 0 Å². The standard InChI is InChI=1S/C20H33N9O6/c21-12(7-11-8-24-10-26-11)16(31)28-14(9-30)17(32)27-13(3-1-5-25-20(22)23)18(33)29-6-2-4-15(29)19(34)35/h8,10,12-15,30H,1-7,9,21H2,(H,24,26)(H,27,32)(H,28,31)(H,34,35)(H4,22,23,25). The van der Waals surface area contributed by atoms with Gasteiger partial charge in [0.1, 0.15) is 18.1 Å². The smallest absolute Gasteiger partial charge is 0.326 e. The second-order valence-electron chi connectivity index (χ2n) is 8.17. The molecular formula is C20H33N9O6. The van der Waals surface area contributed by atoms with Crippen LogP contribution in [-0.2, 0) is 25.6 Å². The Balaban J connectivity index is 2.06. The van der Waals surface area contributed by atoms with E-state index in [2.05, 4.69) is 25.6 Å². The molecule has 15 nitrogen and oxygen atoms in total. The second kappa shape index (κ2) is 13.2. The third kappa shape index (κ3) is 8.22. The highest BCUT2D eigenvalue weighted by molar-refractivity contribution is 5.94. The maximum Gasteiger partial charge on any atom is 0.326 e. The van der Waals surface area contributed by atoms with Crippen molar-refractivity contribution in [3.8, 4) is 0 Å². The van der Waals surface area contributed by atoms with Gasteiger partial charge in [-0.2, -0.15) is 0 Å². The van der Waals surface area contributed by atoms with Crippen molar-refractivity contribution in [1.82, 2.24) is 25.5 Å². The van der Waals surface area contributed by atoms with E-state index in [1.54, 1.807) is 0 Å². The van der Waals surface area contributed by atoms with Crippen LogP contribution in [0.25, 0.3) is 0 Å². The number of nitrogens with zero attached hydrogens (tertiary/aromatic N) is 3. The number of hydrogen-bond donors (Lipinski definition) is 8. The van der Waals surface area contributed by atoms with Crippen LogP contribution in [0.1, 0.15) is 31.4 Å². The topological polar surface area (TPSA) is 255 Å². The summed E-state index contributed by atoms with van der Waals surface area (Å²) in [5.41, 5.74) is 17.1. The van der Waals surface area contributed by atoms with E-state index in [0.717, 1.165) is 0 Å². The number of aliphatic imine (C=N–C) groups is 1. The van der Waals surface area contributed by atoms with Crippen molar-refractivity contribution >= 4 is 29.7 Å². The molecule has 1 aromatic heterocycles. The molecule has 35 heavy (non-hydrogen) atoms. The van der Waals surface area contributed by atoms with Gasteiger partial charge in [-0.15, -0.1) is 0 Å². The molecule has 0 aliphatic carbocycles. The molecular weight excluding hydrogens is 462 g/mol. The molecule has 1 aromatic rings. The van der Waals surface area contributed by atoms with E-state index in [1.165, 1.54) is 17.4 Å². The zero-order valence-electron chi connectivity index (χ0n) is 19.2. The fourth-order valence-electron chi connectivity index (χ4n) is 3.72. The van der Waals surface area contributed by atoms with E-state index in [1.807, 2.05) is 0 Å². The number of hydrogen-bond acceptors (Lipinski definition) is 8. The highest BCUT2D eigenvalue weighted by Crippen LogP contribution is 2.19. The van der Waals surface area contributed by atoms with Crippen molar-refractivity contribution < 1.29 is 29.4 Å². The van der Waals surface area contributed by atoms with Crippen LogP contribution >= 0.6 is 0 Å². The fourth-order valence-corrected chi connectivity index (χ4v) is 3.72. The van der Waals surface area contributed by atoms with Gasteiger partial charge in [-0.25, -0.2) is 9.78 Å². The number of carboxylic acid groups (broad SMARTS) is 1. The first-order valence-corrected chi connectivity index (χ1v) is 11.2. The summed E-state index contributed by atoms with van der Waals surface area (Å²) in [6.07, 6.45) is 4.30. The Bertz CT molecular complexity index is 903. The Morgan fingerprint density at radius 1 is 1.23 bits per heavy atom. The molecule has 194 valence electrons. The van der Waals surface area contributed by atoms with Gasteiger partial charge >= 0.3 is 5.97 Å². The number of aliphatic carboxylic acids is 1. The minimum Gasteiger partial charge on any atom is -0.480 e. The molecule has 1 saturated heterocycles. The summed E-state index contributed by atoms with van der Waals surface area (Å²) in [6.45, 7) is -0.323. The van der Waals surface area contributed by atoms with Gasteiger partial charge in [-0.3, -0.25) is 19.4 Å². The van der Waals surface area contributed by atoms with Crippen LogP contribution in [0, 0.1) is 0 Å². The highest BCUT2D eigenvalue weighted by Gasteiger charge is 2.38. The van der Waals surface area contributed by atoms with Gasteiger partial charge < -0.3 is 47.9 Å². The number of rotatable bonds is 13. The molecule has 0 radical (unpaired) electrons. The molecule has 1 aliphatic heterocycles. The molecule has 0 bridgehead atoms. The van der Waals surface area contributed by atoms with Gasteiger partial charge in [0.25, 0.3) is 0 Å². The molecule has 4 atom stereocenters. The number of imidazole rings is 1. The molecule has 2 rings (SSSR count). The number of guanidine groups is 1. The minimum atomic E-state index is -1.38. The minimum absolute atomic E-state index is 0.107. The number of nitrogens with two attached hydrogens (primary N) is 3. The number of H-pyrrole nitrogens is 1. The summed E-state index contributed by atoms with van der Waals surface area (Å²) in [7, 11) is 0. The van der Waals surface area contributed by atoms with E-state index in [-0.39, 0.29) is 31.9 Å². The largest absolute Gasteiger partial charge is 0.480 e. The van der Waals surface area contributed by atoms with Crippen LogP contribution in [0.4, 0.5) is 0 Å². The Morgan fingerprint density at radius 3 is 2.54 bits per heavy atom. The zero-order valence-corrected chi connectivity index (χ0v) is 19.2. The number of likely N-dealkylation sites (tertiary alicyclic amines) is 1. The molecule has 2 heterocycles. The van der Waals surface area contributed by atoms with Crippen LogP contribution in [0.5, 0.6) is 0 Å². The Kier molecular flexibility index (Phi) is 10.4. The monoisotopic (exact) mass is 495 g/mol. The first kappa shape index (κ1) is 27.5. The fraction of sp³-hybridized carbons (Fsp3) is 0.600. The lowest BCUT2D eigenvalue weighted by Crippen LogP contribution is -2.58. The maximum atomic E-state index is 13.1. The van der Waals surface area contributed by atoms with Gasteiger partial charge in [-0.05, 0) is 25.7 Å². The van der Waals surface area contributed by atoms with Crippen LogP contribution < -0.4 is 27.8 Å². The van der Waals surface area contributed by atoms with E-state index in [4.69, 9.17) is 17.2 Å². The van der Waals surface area contributed by atoms with Crippen molar-refractivity contribution in [3.05, 3.63) is 18.2 Å². The van der Waals surface area contributed by atoms with E-state index in [0.29, 0.717) is 25.0 Å². The number of amides is 3. The summed E-state index contributed by atoms with van der Waals surface area (Å²) in [6, 6.07) is -4.50. The van der Waals surface area contributed by atoms with Crippen molar-refractivity contribution in [2.45, 2.75) is 56.3 Å². The lowest BCUT2D eigenvalue weighted by molar-refractivity contribution is -0.149. The normalized spacial score (nSPS) is 17.8. The van der Waals surface area contributed by atoms with Crippen molar-refractivity contribution in [2.75, 3.05) is 19.7 Å². The number of carboxylic acids is 1. The highest BCUT2D eigenvalue weighted by atomic mass is 16.4. The SMILES string of the molecule is NC(N)=NCCCC(NC(=O)C(CO)NC(=O)C(N)Cc1cnc[nH]1)C(=O)N1CCCC1C(=O)O. The van der Waals surface area contributed by atoms with E-state index < -0.39 is 54.5 Å². The van der Waals surface area contributed by atoms with Gasteiger partial charge in [0.05, 0.1) is 19.0 Å². The van der Waals surface area contributed by atoms with E-state index in [9.17, 15) is 29.4 Å². The van der Waals surface area contributed by atoms with Crippen LogP contribution in [0.3, 0.4) is 0 Å². The summed E-state index contributed by atoms with van der Waals surface area (Å²) < 4.78 is 0. The first-order valence-electron chi connectivity index (χ1n) is 11.2. The Labute approximate surface area is 201 Å². The van der Waals surface area contributed by atoms with Gasteiger partial charge in [0.15, 0.2) is 5.96 Å². The number of aliphatic hydroxyl groups is 1. The number of nitrogens with one attached hydrogen (secondary N) is 3. The number of aliphatic hydroxyl groups excluding tert-OH is 1. The third-order valence-electron chi connectivity index (χ3n) is 5.53. The predicted molar refractivity (Wildman–Crippen MR) is 123 cm³/mol. The molecule has 11 N–H and O–H groups in total. The van der Waals surface area contributed by atoms with Crippen LogP contribution in [-0.4, -0.2) is 98.6 Å². The van der Waals surface area contributed by atoms with Crippen molar-refractivity contribution in [3.63, 3.8) is 0 Å². The number of aromatic nitrogens is 2. The molecule has 0 aromatic carbocycles. The molecule has 3 amide bonds. The summed E-state index contributed by atoms with van der Waals surface area (Å²) in [4.78, 5) is 61.6. The Morgan fingerprint density at radius 2 is 1.94 bits per heavy atom.